The van der Waals surface area contributed by atoms with Gasteiger partial charge in [-0.1, -0.05) is 29.3 Å². The first-order valence-electron chi connectivity index (χ1n) is 13.6. The van der Waals surface area contributed by atoms with E-state index in [0.29, 0.717) is 33.7 Å². The molecule has 46 heavy (non-hydrogen) atoms. The zero-order valence-electron chi connectivity index (χ0n) is 24.2. The molecule has 242 valence electrons. The average molecular weight is 816 g/mol. The van der Waals surface area contributed by atoms with Gasteiger partial charge in [-0.05, 0) is 102 Å². The van der Waals surface area contributed by atoms with Crippen LogP contribution in [0.2, 0.25) is 10.0 Å². The van der Waals surface area contributed by atoms with Gasteiger partial charge < -0.3 is 34.1 Å². The minimum Gasteiger partial charge on any atom is -0.479 e. The van der Waals surface area contributed by atoms with Crippen LogP contribution in [0.1, 0.15) is 40.9 Å². The van der Waals surface area contributed by atoms with Crippen LogP contribution in [-0.4, -0.2) is 28.4 Å². The number of carboxylic acids is 2. The van der Waals surface area contributed by atoms with E-state index in [-0.39, 0.29) is 5.02 Å². The summed E-state index contributed by atoms with van der Waals surface area (Å²) < 4.78 is 17.6. The topological polar surface area (TPSA) is 138 Å². The lowest BCUT2D eigenvalue weighted by Gasteiger charge is -2.15. The van der Waals surface area contributed by atoms with Crippen molar-refractivity contribution in [3.05, 3.63) is 128 Å². The predicted molar refractivity (Wildman–Crippen MR) is 192 cm³/mol. The number of carbonyl (C=O) groups is 2. The number of benzene rings is 2. The van der Waals surface area contributed by atoms with Crippen LogP contribution in [0.15, 0.2) is 98.4 Å². The molecule has 0 radical (unpaired) electrons. The van der Waals surface area contributed by atoms with Crippen LogP contribution < -0.4 is 10.6 Å². The Morgan fingerprint density at radius 2 is 1.39 bits per heavy atom. The molecule has 5 aromatic rings. The Bertz CT molecular complexity index is 1710. The highest BCUT2D eigenvalue weighted by Crippen LogP contribution is 2.33. The van der Waals surface area contributed by atoms with Crippen LogP contribution in [-0.2, 0) is 26.8 Å². The zero-order chi connectivity index (χ0) is 33.1. The molecule has 2 unspecified atom stereocenters. The second-order valence-corrected chi connectivity index (χ2v) is 13.4. The number of furan rings is 3. The van der Waals surface area contributed by atoms with Crippen molar-refractivity contribution in [3.63, 3.8) is 0 Å². The number of carboxylic acid groups (broad SMARTS) is 2. The first kappa shape index (κ1) is 35.7. The molecule has 0 saturated heterocycles. The van der Waals surface area contributed by atoms with Crippen molar-refractivity contribution in [2.24, 2.45) is 0 Å². The molecule has 2 atom stereocenters. The number of thioether (sulfide) groups is 2. The molecule has 0 aliphatic heterocycles. The first-order valence-corrected chi connectivity index (χ1v) is 18.0. The van der Waals surface area contributed by atoms with E-state index in [2.05, 4.69) is 33.2 Å². The van der Waals surface area contributed by atoms with Crippen molar-refractivity contribution in [2.75, 3.05) is 16.9 Å². The lowest BCUT2D eigenvalue weighted by Crippen LogP contribution is -2.20. The van der Waals surface area contributed by atoms with Crippen LogP contribution in [0.3, 0.4) is 0 Å². The van der Waals surface area contributed by atoms with Crippen molar-refractivity contribution < 1.29 is 33.1 Å². The van der Waals surface area contributed by atoms with Crippen LogP contribution in [0.4, 0.5) is 11.4 Å². The van der Waals surface area contributed by atoms with Gasteiger partial charge in [-0.2, -0.15) is 11.8 Å². The molecule has 0 fully saturated rings. The van der Waals surface area contributed by atoms with Gasteiger partial charge in [-0.3, -0.25) is 0 Å². The standard InChI is InChI=1S/C18H16INO4S.C14H13Cl2NO3S/c19-12-3-5-13(6-4-12)20-17(18(21)22)16-8-7-15(24-16)11-25-10-14-2-1-9-23-14;1-21-7-8-5-6-11(20-8)13(14(18)19)17-10-4-2-3-9(15)12(10)16/h1-9,17,20H,10-11H2,(H,21,22);2-6,13,17H,7H2,1H3,(H,18,19). The second-order valence-electron chi connectivity index (χ2n) is 9.55. The predicted octanol–water partition coefficient (Wildman–Crippen LogP) is 9.84. The molecule has 3 heterocycles. The van der Waals surface area contributed by atoms with Gasteiger partial charge in [0.15, 0.2) is 12.1 Å². The summed E-state index contributed by atoms with van der Waals surface area (Å²) in [5, 5.41) is 25.4. The van der Waals surface area contributed by atoms with Crippen LogP contribution >= 0.6 is 69.3 Å². The minimum atomic E-state index is -1.06. The summed E-state index contributed by atoms with van der Waals surface area (Å²) in [6.45, 7) is 0. The fourth-order valence-corrected chi connectivity index (χ4v) is 6.01. The van der Waals surface area contributed by atoms with Crippen LogP contribution in [0.25, 0.3) is 0 Å². The maximum absolute atomic E-state index is 11.6. The van der Waals surface area contributed by atoms with Gasteiger partial charge in [-0.15, -0.1) is 11.8 Å². The van der Waals surface area contributed by atoms with Crippen molar-refractivity contribution in [1.82, 2.24) is 0 Å². The second kappa shape index (κ2) is 17.7. The minimum absolute atomic E-state index is 0.279. The first-order chi connectivity index (χ1) is 22.1. The molecule has 0 bridgehead atoms. The van der Waals surface area contributed by atoms with E-state index in [9.17, 15) is 19.8 Å². The lowest BCUT2D eigenvalue weighted by molar-refractivity contribution is -0.139. The molecule has 0 aliphatic carbocycles. The lowest BCUT2D eigenvalue weighted by atomic mass is 10.2. The van der Waals surface area contributed by atoms with Crippen molar-refractivity contribution >= 4 is 92.6 Å². The Morgan fingerprint density at radius 1 is 0.783 bits per heavy atom. The third-order valence-electron chi connectivity index (χ3n) is 6.19. The number of nitrogens with one attached hydrogen (secondary N) is 2. The summed E-state index contributed by atoms with van der Waals surface area (Å²) in [6, 6.07) is 21.3. The van der Waals surface area contributed by atoms with Crippen molar-refractivity contribution in [2.45, 2.75) is 29.3 Å². The molecule has 4 N–H and O–H groups in total. The van der Waals surface area contributed by atoms with E-state index < -0.39 is 24.0 Å². The van der Waals surface area contributed by atoms with Gasteiger partial charge >= 0.3 is 11.9 Å². The largest absolute Gasteiger partial charge is 0.479 e. The number of hydrogen-bond donors (Lipinski definition) is 4. The van der Waals surface area contributed by atoms with E-state index in [1.54, 1.807) is 66.2 Å². The summed E-state index contributed by atoms with van der Waals surface area (Å²) in [4.78, 5) is 23.1. The van der Waals surface area contributed by atoms with Gasteiger partial charge in [0, 0.05) is 9.26 Å². The molecule has 3 aromatic heterocycles. The Hall–Kier alpha value is -3.17. The fraction of sp³-hybridized carbons (Fsp3) is 0.188. The van der Waals surface area contributed by atoms with E-state index in [0.717, 1.165) is 32.3 Å². The Labute approximate surface area is 297 Å². The Morgan fingerprint density at radius 3 is 1.98 bits per heavy atom. The van der Waals surface area contributed by atoms with E-state index in [1.807, 2.05) is 48.7 Å². The highest BCUT2D eigenvalue weighted by atomic mass is 127. The maximum Gasteiger partial charge on any atom is 0.334 e. The number of halogens is 3. The van der Waals surface area contributed by atoms with Gasteiger partial charge in [0.1, 0.15) is 28.8 Å². The third kappa shape index (κ3) is 10.4. The number of rotatable bonds is 14. The molecule has 0 saturated carbocycles. The molecule has 0 spiro atoms. The summed E-state index contributed by atoms with van der Waals surface area (Å²) in [6.07, 6.45) is 3.59. The smallest absolute Gasteiger partial charge is 0.334 e. The Balaban J connectivity index is 0.000000212. The van der Waals surface area contributed by atoms with E-state index in [4.69, 9.17) is 36.5 Å². The molecule has 2 aromatic carbocycles. The quantitative estimate of drug-likeness (QED) is 0.0798. The van der Waals surface area contributed by atoms with Crippen molar-refractivity contribution in [1.29, 1.82) is 0 Å². The molecule has 9 nitrogen and oxygen atoms in total. The number of aliphatic carboxylic acids is 2. The van der Waals surface area contributed by atoms with Gasteiger partial charge in [0.25, 0.3) is 0 Å². The fourth-order valence-electron chi connectivity index (χ4n) is 4.04. The molecule has 0 amide bonds. The highest BCUT2D eigenvalue weighted by molar-refractivity contribution is 14.1. The zero-order valence-corrected chi connectivity index (χ0v) is 29.5. The van der Waals surface area contributed by atoms with Gasteiger partial charge in [0.05, 0.1) is 39.3 Å². The molecule has 5 rings (SSSR count). The molecule has 0 aliphatic rings. The average Bonchev–Trinajstić information content (AvgIpc) is 3.81. The van der Waals surface area contributed by atoms with Crippen LogP contribution in [0, 0.1) is 3.57 Å². The van der Waals surface area contributed by atoms with E-state index >= 15 is 0 Å². The Kier molecular flexibility index (Phi) is 13.7. The highest BCUT2D eigenvalue weighted by Gasteiger charge is 2.25. The third-order valence-corrected chi connectivity index (χ3v) is 9.28. The number of hydrogen-bond acceptors (Lipinski definition) is 9. The van der Waals surface area contributed by atoms with Crippen molar-refractivity contribution in [3.8, 4) is 0 Å². The summed E-state index contributed by atoms with van der Waals surface area (Å²) in [5.41, 5.74) is 1.18. The maximum atomic E-state index is 11.6. The molecule has 14 heteroatoms. The summed E-state index contributed by atoms with van der Waals surface area (Å²) in [5.74, 6) is 3.11. The number of anilines is 2. The monoisotopic (exact) mass is 814 g/mol. The van der Waals surface area contributed by atoms with Crippen LogP contribution in [0.5, 0.6) is 0 Å². The normalized spacial score (nSPS) is 12.1. The summed E-state index contributed by atoms with van der Waals surface area (Å²) in [7, 11) is 0. The summed E-state index contributed by atoms with van der Waals surface area (Å²) >= 11 is 17.4. The SMILES string of the molecule is CSCc1ccc(C(Nc2cccc(Cl)c2Cl)C(=O)O)o1.O=C(O)C(Nc1ccc(I)cc1)c1ccc(CSCc2ccco2)o1. The van der Waals surface area contributed by atoms with E-state index in [1.165, 1.54) is 0 Å². The molecular weight excluding hydrogens is 786 g/mol. The van der Waals surface area contributed by atoms with Gasteiger partial charge in [0.2, 0.25) is 0 Å². The van der Waals surface area contributed by atoms with Gasteiger partial charge in [-0.25, -0.2) is 9.59 Å². The molecular formula is C32H29Cl2IN2O7S2.